The quantitative estimate of drug-likeness (QED) is 0.798. The Morgan fingerprint density at radius 3 is 2.60 bits per heavy atom. The second kappa shape index (κ2) is 8.39. The van der Waals surface area contributed by atoms with Crippen LogP contribution in [0.5, 0.6) is 0 Å². The van der Waals surface area contributed by atoms with Crippen molar-refractivity contribution in [2.24, 2.45) is 5.73 Å². The van der Waals surface area contributed by atoms with Crippen LogP contribution in [0.4, 0.5) is 0 Å². The van der Waals surface area contributed by atoms with E-state index in [1.54, 1.807) is 0 Å². The lowest BCUT2D eigenvalue weighted by molar-refractivity contribution is -0.122. The van der Waals surface area contributed by atoms with E-state index >= 15 is 0 Å². The third kappa shape index (κ3) is 5.61. The molecule has 3 N–H and O–H groups in total. The summed E-state index contributed by atoms with van der Waals surface area (Å²) in [5.74, 6) is 0.0504. The van der Waals surface area contributed by atoms with Gasteiger partial charge >= 0.3 is 0 Å². The highest BCUT2D eigenvalue weighted by atomic mass is 79.9. The van der Waals surface area contributed by atoms with Crippen LogP contribution >= 0.6 is 15.9 Å². The summed E-state index contributed by atoms with van der Waals surface area (Å²) < 4.78 is 1.08. The van der Waals surface area contributed by atoms with E-state index < -0.39 is 0 Å². The van der Waals surface area contributed by atoms with Crippen molar-refractivity contribution >= 4 is 21.8 Å². The van der Waals surface area contributed by atoms with Crippen molar-refractivity contribution in [2.45, 2.75) is 38.9 Å². The standard InChI is InChI=1S/C15H24BrN3O/c1-11(2)18-15(20)8-13(9-17)19(3)10-12-6-4-5-7-14(12)16/h4-7,11,13H,8-10,17H2,1-3H3,(H,18,20). The van der Waals surface area contributed by atoms with E-state index in [1.807, 2.05) is 39.1 Å². The maximum atomic E-state index is 11.8. The third-order valence-electron chi connectivity index (χ3n) is 3.14. The van der Waals surface area contributed by atoms with Crippen molar-refractivity contribution in [1.29, 1.82) is 0 Å². The molecule has 0 fully saturated rings. The van der Waals surface area contributed by atoms with Gasteiger partial charge in [-0.05, 0) is 32.5 Å². The molecule has 112 valence electrons. The Morgan fingerprint density at radius 2 is 2.05 bits per heavy atom. The number of halogens is 1. The van der Waals surface area contributed by atoms with Crippen LogP contribution in [0.1, 0.15) is 25.8 Å². The van der Waals surface area contributed by atoms with E-state index in [9.17, 15) is 4.79 Å². The molecule has 0 aliphatic rings. The zero-order valence-electron chi connectivity index (χ0n) is 12.4. The number of carbonyl (C=O) groups excluding carboxylic acids is 1. The monoisotopic (exact) mass is 341 g/mol. The van der Waals surface area contributed by atoms with Crippen LogP contribution in [-0.2, 0) is 11.3 Å². The highest BCUT2D eigenvalue weighted by Gasteiger charge is 2.18. The van der Waals surface area contributed by atoms with Gasteiger partial charge in [0, 0.05) is 36.1 Å². The normalized spacial score (nSPS) is 12.8. The fourth-order valence-electron chi connectivity index (χ4n) is 2.04. The van der Waals surface area contributed by atoms with Gasteiger partial charge in [-0.25, -0.2) is 0 Å². The van der Waals surface area contributed by atoms with Crippen molar-refractivity contribution in [3.63, 3.8) is 0 Å². The highest BCUT2D eigenvalue weighted by Crippen LogP contribution is 2.18. The first-order chi connectivity index (χ1) is 9.43. The van der Waals surface area contributed by atoms with Gasteiger partial charge in [-0.2, -0.15) is 0 Å². The Morgan fingerprint density at radius 1 is 1.40 bits per heavy atom. The summed E-state index contributed by atoms with van der Waals surface area (Å²) in [4.78, 5) is 14.0. The minimum absolute atomic E-state index is 0.0425. The summed E-state index contributed by atoms with van der Waals surface area (Å²) in [5, 5.41) is 2.91. The number of rotatable bonds is 7. The Labute approximate surface area is 129 Å². The molecule has 1 atom stereocenters. The van der Waals surface area contributed by atoms with Crippen LogP contribution in [0.3, 0.4) is 0 Å². The number of likely N-dealkylation sites (N-methyl/N-ethyl adjacent to an activating group) is 1. The zero-order valence-corrected chi connectivity index (χ0v) is 14.0. The maximum Gasteiger partial charge on any atom is 0.221 e. The van der Waals surface area contributed by atoms with Crippen LogP contribution in [0.25, 0.3) is 0 Å². The molecule has 0 heterocycles. The topological polar surface area (TPSA) is 58.4 Å². The molecule has 0 spiro atoms. The average molecular weight is 342 g/mol. The second-order valence-electron chi connectivity index (χ2n) is 5.32. The van der Waals surface area contributed by atoms with Crippen LogP contribution in [0.15, 0.2) is 28.7 Å². The van der Waals surface area contributed by atoms with Gasteiger partial charge in [0.1, 0.15) is 0 Å². The van der Waals surface area contributed by atoms with E-state index in [4.69, 9.17) is 5.73 Å². The number of hydrogen-bond acceptors (Lipinski definition) is 3. The predicted octanol–water partition coefficient (Wildman–Crippen LogP) is 2.12. The van der Waals surface area contributed by atoms with Crippen LogP contribution in [0, 0.1) is 0 Å². The van der Waals surface area contributed by atoms with Crippen molar-refractivity contribution in [3.8, 4) is 0 Å². The van der Waals surface area contributed by atoms with E-state index in [0.29, 0.717) is 13.0 Å². The van der Waals surface area contributed by atoms with E-state index in [2.05, 4.69) is 32.2 Å². The van der Waals surface area contributed by atoms with Gasteiger partial charge in [-0.15, -0.1) is 0 Å². The molecule has 0 saturated heterocycles. The Hall–Kier alpha value is -0.910. The number of nitrogens with zero attached hydrogens (tertiary/aromatic N) is 1. The SMILES string of the molecule is CC(C)NC(=O)CC(CN)N(C)Cc1ccccc1Br. The molecule has 0 saturated carbocycles. The molecule has 0 bridgehead atoms. The third-order valence-corrected chi connectivity index (χ3v) is 3.92. The van der Waals surface area contributed by atoms with Crippen molar-refractivity contribution in [1.82, 2.24) is 10.2 Å². The molecule has 1 unspecified atom stereocenters. The molecule has 4 nitrogen and oxygen atoms in total. The van der Waals surface area contributed by atoms with Crippen LogP contribution in [0.2, 0.25) is 0 Å². The van der Waals surface area contributed by atoms with Gasteiger partial charge in [0.15, 0.2) is 0 Å². The van der Waals surface area contributed by atoms with Crippen LogP contribution < -0.4 is 11.1 Å². The number of nitrogens with two attached hydrogens (primary N) is 1. The number of nitrogens with one attached hydrogen (secondary N) is 1. The first-order valence-corrected chi connectivity index (χ1v) is 7.66. The zero-order chi connectivity index (χ0) is 15.1. The van der Waals surface area contributed by atoms with Crippen molar-refractivity contribution in [3.05, 3.63) is 34.3 Å². The van der Waals surface area contributed by atoms with Gasteiger partial charge in [0.25, 0.3) is 0 Å². The summed E-state index contributed by atoms with van der Waals surface area (Å²) >= 11 is 3.54. The minimum atomic E-state index is 0.0425. The van der Waals surface area contributed by atoms with Crippen LogP contribution in [-0.4, -0.2) is 36.5 Å². The van der Waals surface area contributed by atoms with E-state index in [1.165, 1.54) is 5.56 Å². The van der Waals surface area contributed by atoms with E-state index in [-0.39, 0.29) is 18.0 Å². The first-order valence-electron chi connectivity index (χ1n) is 6.87. The Balaban J connectivity index is 2.61. The Bertz CT molecular complexity index is 437. The number of hydrogen-bond donors (Lipinski definition) is 2. The fraction of sp³-hybridized carbons (Fsp3) is 0.533. The summed E-state index contributed by atoms with van der Waals surface area (Å²) in [6.07, 6.45) is 0.426. The fourth-order valence-corrected chi connectivity index (χ4v) is 2.45. The predicted molar refractivity (Wildman–Crippen MR) is 86.3 cm³/mol. The molecule has 1 aromatic carbocycles. The lowest BCUT2D eigenvalue weighted by Crippen LogP contribution is -2.42. The number of benzene rings is 1. The van der Waals surface area contributed by atoms with Gasteiger partial charge in [-0.1, -0.05) is 34.1 Å². The summed E-state index contributed by atoms with van der Waals surface area (Å²) in [5.41, 5.74) is 7.00. The summed E-state index contributed by atoms with van der Waals surface area (Å²) in [6.45, 7) is 5.14. The van der Waals surface area contributed by atoms with Gasteiger partial charge in [0.05, 0.1) is 0 Å². The number of amides is 1. The largest absolute Gasteiger partial charge is 0.354 e. The second-order valence-corrected chi connectivity index (χ2v) is 6.18. The average Bonchev–Trinajstić information content (AvgIpc) is 2.37. The summed E-state index contributed by atoms with van der Waals surface area (Å²) in [6, 6.07) is 8.30. The molecule has 1 amide bonds. The molecule has 20 heavy (non-hydrogen) atoms. The van der Waals surface area contributed by atoms with Crippen molar-refractivity contribution < 1.29 is 4.79 Å². The molecular formula is C15H24BrN3O. The van der Waals surface area contributed by atoms with Gasteiger partial charge in [0.2, 0.25) is 5.91 Å². The minimum Gasteiger partial charge on any atom is -0.354 e. The smallest absolute Gasteiger partial charge is 0.221 e. The molecule has 1 aromatic rings. The van der Waals surface area contributed by atoms with Crippen molar-refractivity contribution in [2.75, 3.05) is 13.6 Å². The molecule has 0 aromatic heterocycles. The molecule has 0 aliphatic carbocycles. The summed E-state index contributed by atoms with van der Waals surface area (Å²) in [7, 11) is 2.00. The molecule has 0 aliphatic heterocycles. The first kappa shape index (κ1) is 17.1. The molecule has 5 heteroatoms. The number of carbonyl (C=O) groups is 1. The van der Waals surface area contributed by atoms with E-state index in [0.717, 1.165) is 11.0 Å². The molecule has 0 radical (unpaired) electrons. The Kier molecular flexibility index (Phi) is 7.19. The lowest BCUT2D eigenvalue weighted by Gasteiger charge is -2.27. The lowest BCUT2D eigenvalue weighted by atomic mass is 10.1. The molecule has 1 rings (SSSR count). The highest BCUT2D eigenvalue weighted by molar-refractivity contribution is 9.10. The van der Waals surface area contributed by atoms with Gasteiger partial charge < -0.3 is 11.1 Å². The maximum absolute atomic E-state index is 11.8. The van der Waals surface area contributed by atoms with Gasteiger partial charge in [-0.3, -0.25) is 9.69 Å². The molecular weight excluding hydrogens is 318 g/mol.